The number of nitrogens with two attached hydrogens (primary N) is 1. The molecule has 0 spiro atoms. The van der Waals surface area contributed by atoms with E-state index in [1.54, 1.807) is 0 Å². The maximum absolute atomic E-state index is 12.1. The number of rotatable bonds is 2. The number of amides is 1. The van der Waals surface area contributed by atoms with Gasteiger partial charge in [-0.3, -0.25) is 4.79 Å². The number of carbonyl (C=O) groups is 1. The van der Waals surface area contributed by atoms with Crippen LogP contribution in [0.4, 0.5) is 5.69 Å². The van der Waals surface area contributed by atoms with Gasteiger partial charge in [0.25, 0.3) is 0 Å². The van der Waals surface area contributed by atoms with E-state index in [2.05, 4.69) is 6.92 Å². The Balaban J connectivity index is 1.96. The topological polar surface area (TPSA) is 46.3 Å². The minimum atomic E-state index is 0.224. The Morgan fingerprint density at radius 1 is 1.53 bits per heavy atom. The number of benzene rings is 1. The Morgan fingerprint density at radius 2 is 2.35 bits per heavy atom. The molecule has 92 valence electrons. The highest BCUT2D eigenvalue weighted by atomic mass is 16.2. The summed E-state index contributed by atoms with van der Waals surface area (Å²) < 4.78 is 0. The second-order valence-corrected chi connectivity index (χ2v) is 5.01. The molecule has 1 saturated heterocycles. The van der Waals surface area contributed by atoms with E-state index in [0.29, 0.717) is 12.3 Å². The van der Waals surface area contributed by atoms with Crippen molar-refractivity contribution in [2.24, 2.45) is 5.92 Å². The number of hydrogen-bond donors (Lipinski definition) is 1. The molecule has 2 rings (SSSR count). The SMILES string of the molecule is C[C@@H]1CCCN(C(=O)Cc2cccc(N)c2)C1. The average molecular weight is 232 g/mol. The molecule has 0 bridgehead atoms. The smallest absolute Gasteiger partial charge is 0.226 e. The number of hydrogen-bond acceptors (Lipinski definition) is 2. The zero-order valence-electron chi connectivity index (χ0n) is 10.4. The summed E-state index contributed by atoms with van der Waals surface area (Å²) in [6.45, 7) is 4.02. The lowest BCUT2D eigenvalue weighted by molar-refractivity contribution is -0.132. The predicted octanol–water partition coefficient (Wildman–Crippen LogP) is 2.07. The van der Waals surface area contributed by atoms with Crippen molar-refractivity contribution in [3.8, 4) is 0 Å². The van der Waals surface area contributed by atoms with E-state index in [0.717, 1.165) is 30.8 Å². The minimum absolute atomic E-state index is 0.224. The molecule has 1 amide bonds. The van der Waals surface area contributed by atoms with Crippen LogP contribution in [0.25, 0.3) is 0 Å². The Labute approximate surface area is 103 Å². The van der Waals surface area contributed by atoms with Gasteiger partial charge in [-0.05, 0) is 36.5 Å². The summed E-state index contributed by atoms with van der Waals surface area (Å²) in [5, 5.41) is 0. The summed E-state index contributed by atoms with van der Waals surface area (Å²) in [7, 11) is 0. The van der Waals surface area contributed by atoms with Crippen molar-refractivity contribution >= 4 is 11.6 Å². The van der Waals surface area contributed by atoms with Gasteiger partial charge < -0.3 is 10.6 Å². The van der Waals surface area contributed by atoms with Crippen LogP contribution in [0.15, 0.2) is 24.3 Å². The van der Waals surface area contributed by atoms with E-state index in [9.17, 15) is 4.79 Å². The van der Waals surface area contributed by atoms with E-state index in [4.69, 9.17) is 5.73 Å². The van der Waals surface area contributed by atoms with E-state index in [1.165, 1.54) is 6.42 Å². The maximum Gasteiger partial charge on any atom is 0.226 e. The summed E-state index contributed by atoms with van der Waals surface area (Å²) >= 11 is 0. The molecule has 0 unspecified atom stereocenters. The highest BCUT2D eigenvalue weighted by molar-refractivity contribution is 5.79. The first-order chi connectivity index (χ1) is 8.15. The Hall–Kier alpha value is -1.51. The molecular weight excluding hydrogens is 212 g/mol. The van der Waals surface area contributed by atoms with Gasteiger partial charge in [0.05, 0.1) is 6.42 Å². The van der Waals surface area contributed by atoms with Crippen molar-refractivity contribution in [1.29, 1.82) is 0 Å². The molecule has 0 aromatic heterocycles. The molecule has 0 saturated carbocycles. The fraction of sp³-hybridized carbons (Fsp3) is 0.500. The third-order valence-corrected chi connectivity index (χ3v) is 3.32. The maximum atomic E-state index is 12.1. The molecule has 1 aliphatic heterocycles. The third kappa shape index (κ3) is 3.22. The van der Waals surface area contributed by atoms with Gasteiger partial charge in [-0.1, -0.05) is 19.1 Å². The Bertz CT molecular complexity index is 403. The number of nitrogen functional groups attached to an aromatic ring is 1. The number of nitrogens with zero attached hydrogens (tertiary/aromatic N) is 1. The van der Waals surface area contributed by atoms with Crippen LogP contribution in [-0.2, 0) is 11.2 Å². The zero-order valence-corrected chi connectivity index (χ0v) is 10.4. The molecule has 1 aromatic carbocycles. The molecule has 1 atom stereocenters. The van der Waals surface area contributed by atoms with E-state index in [1.807, 2.05) is 29.2 Å². The molecule has 1 aliphatic rings. The van der Waals surface area contributed by atoms with E-state index in [-0.39, 0.29) is 5.91 Å². The van der Waals surface area contributed by atoms with E-state index < -0.39 is 0 Å². The monoisotopic (exact) mass is 232 g/mol. The lowest BCUT2D eigenvalue weighted by Gasteiger charge is -2.31. The van der Waals surface area contributed by atoms with E-state index >= 15 is 0 Å². The minimum Gasteiger partial charge on any atom is -0.399 e. The molecule has 2 N–H and O–H groups in total. The van der Waals surface area contributed by atoms with Crippen LogP contribution < -0.4 is 5.73 Å². The summed E-state index contributed by atoms with van der Waals surface area (Å²) in [5.41, 5.74) is 7.44. The lowest BCUT2D eigenvalue weighted by atomic mass is 9.99. The average Bonchev–Trinajstić information content (AvgIpc) is 2.29. The van der Waals surface area contributed by atoms with Crippen molar-refractivity contribution < 1.29 is 4.79 Å². The number of carbonyl (C=O) groups excluding carboxylic acids is 1. The first kappa shape index (κ1) is 12.0. The quantitative estimate of drug-likeness (QED) is 0.793. The second-order valence-electron chi connectivity index (χ2n) is 5.01. The lowest BCUT2D eigenvalue weighted by Crippen LogP contribution is -2.39. The van der Waals surface area contributed by atoms with Gasteiger partial charge in [0.2, 0.25) is 5.91 Å². The molecule has 17 heavy (non-hydrogen) atoms. The number of likely N-dealkylation sites (tertiary alicyclic amines) is 1. The van der Waals surface area contributed by atoms with Gasteiger partial charge in [0.15, 0.2) is 0 Å². The van der Waals surface area contributed by atoms with Gasteiger partial charge in [-0.15, -0.1) is 0 Å². The van der Waals surface area contributed by atoms with Gasteiger partial charge in [-0.2, -0.15) is 0 Å². The summed E-state index contributed by atoms with van der Waals surface area (Å²) in [5.74, 6) is 0.857. The molecule has 0 radical (unpaired) electrons. The molecule has 3 nitrogen and oxygen atoms in total. The van der Waals surface area contributed by atoms with Crippen molar-refractivity contribution in [2.45, 2.75) is 26.2 Å². The Kier molecular flexibility index (Phi) is 3.67. The second kappa shape index (κ2) is 5.21. The van der Waals surface area contributed by atoms with Crippen LogP contribution in [-0.4, -0.2) is 23.9 Å². The van der Waals surface area contributed by atoms with Crippen molar-refractivity contribution in [3.63, 3.8) is 0 Å². The normalized spacial score (nSPS) is 20.3. The predicted molar refractivity (Wildman–Crippen MR) is 69.5 cm³/mol. The fourth-order valence-electron chi connectivity index (χ4n) is 2.41. The van der Waals surface area contributed by atoms with Crippen LogP contribution in [0.3, 0.4) is 0 Å². The van der Waals surface area contributed by atoms with Crippen LogP contribution in [0.1, 0.15) is 25.3 Å². The molecule has 3 heteroatoms. The molecule has 0 aliphatic carbocycles. The van der Waals surface area contributed by atoms with Crippen molar-refractivity contribution in [2.75, 3.05) is 18.8 Å². The third-order valence-electron chi connectivity index (χ3n) is 3.32. The first-order valence-corrected chi connectivity index (χ1v) is 6.27. The molecule has 1 fully saturated rings. The highest BCUT2D eigenvalue weighted by Crippen LogP contribution is 2.17. The van der Waals surface area contributed by atoms with Crippen molar-refractivity contribution in [1.82, 2.24) is 4.90 Å². The summed E-state index contributed by atoms with van der Waals surface area (Å²) in [6.07, 6.45) is 2.84. The molecule has 1 heterocycles. The zero-order chi connectivity index (χ0) is 12.3. The van der Waals surface area contributed by atoms with Crippen LogP contribution in [0, 0.1) is 5.92 Å². The fourth-order valence-corrected chi connectivity index (χ4v) is 2.41. The van der Waals surface area contributed by atoms with Gasteiger partial charge in [-0.25, -0.2) is 0 Å². The summed E-state index contributed by atoms with van der Waals surface area (Å²) in [6, 6.07) is 7.58. The van der Waals surface area contributed by atoms with Crippen molar-refractivity contribution in [3.05, 3.63) is 29.8 Å². The number of anilines is 1. The van der Waals surface area contributed by atoms with Crippen LogP contribution >= 0.6 is 0 Å². The number of piperidine rings is 1. The molecular formula is C14H20N2O. The van der Waals surface area contributed by atoms with Gasteiger partial charge in [0, 0.05) is 18.8 Å². The highest BCUT2D eigenvalue weighted by Gasteiger charge is 2.20. The van der Waals surface area contributed by atoms with Crippen LogP contribution in [0.5, 0.6) is 0 Å². The largest absolute Gasteiger partial charge is 0.399 e. The first-order valence-electron chi connectivity index (χ1n) is 6.27. The van der Waals surface area contributed by atoms with Gasteiger partial charge >= 0.3 is 0 Å². The van der Waals surface area contributed by atoms with Crippen LogP contribution in [0.2, 0.25) is 0 Å². The Morgan fingerprint density at radius 3 is 3.06 bits per heavy atom. The molecule has 1 aromatic rings. The standard InChI is InChI=1S/C14H20N2O/c1-11-4-3-7-16(10-11)14(17)9-12-5-2-6-13(15)8-12/h2,5-6,8,11H,3-4,7,9-10,15H2,1H3/t11-/m1/s1. The summed E-state index contributed by atoms with van der Waals surface area (Å²) in [4.78, 5) is 14.1. The van der Waals surface area contributed by atoms with Gasteiger partial charge in [0.1, 0.15) is 0 Å².